The second-order valence-electron chi connectivity index (χ2n) is 7.66. The predicted octanol–water partition coefficient (Wildman–Crippen LogP) is 2.79. The zero-order chi connectivity index (χ0) is 20.1. The highest BCUT2D eigenvalue weighted by molar-refractivity contribution is 5.71. The van der Waals surface area contributed by atoms with Crippen LogP contribution >= 0.6 is 0 Å². The standard InChI is InChI=1S/C20H26FN5O2/c1-12(2)8-17(20(27)28)16(19-23-25-26-24-19)9-13-5-6-15(18(21)10-13)14-4-3-7-22-11-14/h4-6,10,12,16-17,22H,3,7-9,11H2,1-2H3,(H,27,28)(H,23,24,25,26). The Kier molecular flexibility index (Phi) is 6.51. The van der Waals surface area contributed by atoms with Crippen molar-refractivity contribution in [3.8, 4) is 0 Å². The van der Waals surface area contributed by atoms with Gasteiger partial charge < -0.3 is 10.4 Å². The van der Waals surface area contributed by atoms with Crippen molar-refractivity contribution in [2.75, 3.05) is 13.1 Å². The van der Waals surface area contributed by atoms with Crippen molar-refractivity contribution in [2.45, 2.75) is 39.0 Å². The smallest absolute Gasteiger partial charge is 0.307 e. The number of nitrogens with one attached hydrogen (secondary N) is 2. The first kappa shape index (κ1) is 20.1. The van der Waals surface area contributed by atoms with Gasteiger partial charge in [0.25, 0.3) is 0 Å². The van der Waals surface area contributed by atoms with E-state index in [9.17, 15) is 14.3 Å². The van der Waals surface area contributed by atoms with E-state index < -0.39 is 17.8 Å². The summed E-state index contributed by atoms with van der Waals surface area (Å²) >= 11 is 0. The molecule has 1 aliphatic rings. The summed E-state index contributed by atoms with van der Waals surface area (Å²) in [7, 11) is 0. The Morgan fingerprint density at radius 3 is 2.75 bits per heavy atom. The molecule has 0 spiro atoms. The zero-order valence-corrected chi connectivity index (χ0v) is 16.2. The second-order valence-corrected chi connectivity index (χ2v) is 7.66. The molecular formula is C20H26FN5O2. The number of hydrogen-bond donors (Lipinski definition) is 3. The van der Waals surface area contributed by atoms with Crippen LogP contribution in [0, 0.1) is 17.7 Å². The van der Waals surface area contributed by atoms with Gasteiger partial charge in [-0.05, 0) is 48.9 Å². The van der Waals surface area contributed by atoms with E-state index >= 15 is 0 Å². The molecule has 0 bridgehead atoms. The van der Waals surface area contributed by atoms with Crippen molar-refractivity contribution in [1.82, 2.24) is 25.9 Å². The van der Waals surface area contributed by atoms with Crippen molar-refractivity contribution in [1.29, 1.82) is 0 Å². The van der Waals surface area contributed by atoms with Gasteiger partial charge in [0.15, 0.2) is 5.82 Å². The highest BCUT2D eigenvalue weighted by Gasteiger charge is 2.33. The number of halogens is 1. The number of hydrogen-bond acceptors (Lipinski definition) is 5. The van der Waals surface area contributed by atoms with Crippen LogP contribution in [0.15, 0.2) is 24.3 Å². The molecule has 0 fully saturated rings. The lowest BCUT2D eigenvalue weighted by atomic mass is 9.81. The van der Waals surface area contributed by atoms with E-state index in [0.717, 1.165) is 24.1 Å². The maximum Gasteiger partial charge on any atom is 0.307 e. The van der Waals surface area contributed by atoms with Gasteiger partial charge in [0.2, 0.25) is 0 Å². The van der Waals surface area contributed by atoms with Crippen LogP contribution in [0.4, 0.5) is 4.39 Å². The summed E-state index contributed by atoms with van der Waals surface area (Å²) in [4.78, 5) is 11.9. The molecule has 7 nitrogen and oxygen atoms in total. The Balaban J connectivity index is 1.87. The van der Waals surface area contributed by atoms with Crippen LogP contribution in [-0.2, 0) is 11.2 Å². The van der Waals surface area contributed by atoms with E-state index in [1.54, 1.807) is 6.07 Å². The Bertz CT molecular complexity index is 835. The fourth-order valence-corrected chi connectivity index (χ4v) is 3.73. The summed E-state index contributed by atoms with van der Waals surface area (Å²) < 4.78 is 14.8. The van der Waals surface area contributed by atoms with Crippen molar-refractivity contribution < 1.29 is 14.3 Å². The minimum Gasteiger partial charge on any atom is -0.481 e. The molecule has 2 atom stereocenters. The van der Waals surface area contributed by atoms with Crippen LogP contribution in [0.1, 0.15) is 49.6 Å². The van der Waals surface area contributed by atoms with Crippen LogP contribution in [0.2, 0.25) is 0 Å². The molecule has 0 aliphatic carbocycles. The highest BCUT2D eigenvalue weighted by Crippen LogP contribution is 2.32. The van der Waals surface area contributed by atoms with Gasteiger partial charge in [0.05, 0.1) is 5.92 Å². The van der Waals surface area contributed by atoms with Crippen molar-refractivity contribution in [2.24, 2.45) is 11.8 Å². The van der Waals surface area contributed by atoms with Crippen LogP contribution in [0.25, 0.3) is 5.57 Å². The fraction of sp³-hybridized carbons (Fsp3) is 0.500. The Morgan fingerprint density at radius 1 is 1.36 bits per heavy atom. The minimum absolute atomic E-state index is 0.195. The number of carboxylic acids is 1. The summed E-state index contributed by atoms with van der Waals surface area (Å²) in [5, 5.41) is 27.0. The van der Waals surface area contributed by atoms with Gasteiger partial charge in [0, 0.05) is 18.0 Å². The summed E-state index contributed by atoms with van der Waals surface area (Å²) in [6.45, 7) is 5.51. The molecule has 2 aromatic rings. The van der Waals surface area contributed by atoms with Crippen LogP contribution < -0.4 is 5.32 Å². The van der Waals surface area contributed by atoms with E-state index in [-0.39, 0.29) is 11.7 Å². The van der Waals surface area contributed by atoms with Gasteiger partial charge in [-0.3, -0.25) is 4.79 Å². The lowest BCUT2D eigenvalue weighted by Gasteiger charge is -2.23. The number of carbonyl (C=O) groups is 1. The molecule has 3 N–H and O–H groups in total. The number of rotatable bonds is 8. The number of H-pyrrole nitrogens is 1. The molecule has 1 aliphatic heterocycles. The minimum atomic E-state index is -0.904. The second kappa shape index (κ2) is 9.05. The summed E-state index contributed by atoms with van der Waals surface area (Å²) in [5.41, 5.74) is 2.26. The number of aromatic nitrogens is 4. The number of tetrazole rings is 1. The molecule has 2 unspecified atom stereocenters. The fourth-order valence-electron chi connectivity index (χ4n) is 3.73. The Morgan fingerprint density at radius 2 is 2.18 bits per heavy atom. The number of benzene rings is 1. The summed E-state index contributed by atoms with van der Waals surface area (Å²) in [6, 6.07) is 5.12. The predicted molar refractivity (Wildman–Crippen MR) is 103 cm³/mol. The molecule has 3 rings (SSSR count). The van der Waals surface area contributed by atoms with E-state index in [2.05, 4.69) is 32.0 Å². The molecule has 0 amide bonds. The largest absolute Gasteiger partial charge is 0.481 e. The molecule has 1 aromatic heterocycles. The molecule has 0 radical (unpaired) electrons. The Labute approximate surface area is 163 Å². The topological polar surface area (TPSA) is 104 Å². The van der Waals surface area contributed by atoms with E-state index in [1.807, 2.05) is 19.9 Å². The average molecular weight is 387 g/mol. The van der Waals surface area contributed by atoms with E-state index in [1.165, 1.54) is 6.07 Å². The first-order valence-corrected chi connectivity index (χ1v) is 9.60. The first-order chi connectivity index (χ1) is 13.5. The number of carboxylic acid groups (broad SMARTS) is 1. The van der Waals surface area contributed by atoms with Crippen LogP contribution in [0.5, 0.6) is 0 Å². The maximum absolute atomic E-state index is 14.8. The van der Waals surface area contributed by atoms with Gasteiger partial charge in [-0.25, -0.2) is 4.39 Å². The molecule has 0 saturated carbocycles. The number of aromatic amines is 1. The molecular weight excluding hydrogens is 361 g/mol. The normalized spacial score (nSPS) is 16.6. The highest BCUT2D eigenvalue weighted by atomic mass is 19.1. The lowest BCUT2D eigenvalue weighted by molar-refractivity contribution is -0.143. The number of nitrogens with zero attached hydrogens (tertiary/aromatic N) is 3. The molecule has 8 heteroatoms. The summed E-state index contributed by atoms with van der Waals surface area (Å²) in [6.07, 6.45) is 3.75. The molecule has 150 valence electrons. The van der Waals surface area contributed by atoms with Crippen molar-refractivity contribution in [3.05, 3.63) is 47.0 Å². The first-order valence-electron chi connectivity index (χ1n) is 9.60. The van der Waals surface area contributed by atoms with Crippen molar-refractivity contribution >= 4 is 11.5 Å². The average Bonchev–Trinajstić information content (AvgIpc) is 3.19. The lowest BCUT2D eigenvalue weighted by Crippen LogP contribution is -2.26. The number of aliphatic carboxylic acids is 1. The van der Waals surface area contributed by atoms with Crippen LogP contribution in [0.3, 0.4) is 0 Å². The third-order valence-corrected chi connectivity index (χ3v) is 5.08. The third kappa shape index (κ3) is 4.81. The van der Waals surface area contributed by atoms with E-state index in [0.29, 0.717) is 30.8 Å². The van der Waals surface area contributed by atoms with Gasteiger partial charge in [-0.2, -0.15) is 5.21 Å². The van der Waals surface area contributed by atoms with Crippen LogP contribution in [-0.4, -0.2) is 44.8 Å². The monoisotopic (exact) mass is 387 g/mol. The van der Waals surface area contributed by atoms with E-state index in [4.69, 9.17) is 0 Å². The molecule has 28 heavy (non-hydrogen) atoms. The van der Waals surface area contributed by atoms with Gasteiger partial charge >= 0.3 is 5.97 Å². The molecule has 2 heterocycles. The SMILES string of the molecule is CC(C)CC(C(=O)O)C(Cc1ccc(C2=CCCNC2)c(F)c1)c1nn[nH]n1. The van der Waals surface area contributed by atoms with Crippen molar-refractivity contribution in [3.63, 3.8) is 0 Å². The molecule has 1 aromatic carbocycles. The maximum atomic E-state index is 14.8. The summed E-state index contributed by atoms with van der Waals surface area (Å²) in [5.74, 6) is -1.82. The van der Waals surface area contributed by atoms with Gasteiger partial charge in [-0.15, -0.1) is 10.2 Å². The quantitative estimate of drug-likeness (QED) is 0.643. The van der Waals surface area contributed by atoms with Gasteiger partial charge in [0.1, 0.15) is 5.82 Å². The third-order valence-electron chi connectivity index (χ3n) is 5.08. The van der Waals surface area contributed by atoms with Gasteiger partial charge in [-0.1, -0.05) is 37.3 Å². The zero-order valence-electron chi connectivity index (χ0n) is 16.2. The molecule has 0 saturated heterocycles. The Hall–Kier alpha value is -2.61.